The van der Waals surface area contributed by atoms with Crippen LogP contribution in [0.2, 0.25) is 0 Å². The highest BCUT2D eigenvalue weighted by atomic mass is 19.3. The molecule has 4 rings (SSSR count). The lowest BCUT2D eigenvalue weighted by atomic mass is 10.0. The van der Waals surface area contributed by atoms with Crippen LogP contribution in [0.4, 0.5) is 8.78 Å². The molecule has 0 radical (unpaired) electrons. The highest BCUT2D eigenvalue weighted by molar-refractivity contribution is 5.55. The third kappa shape index (κ3) is 5.85. The molecule has 0 saturated heterocycles. The van der Waals surface area contributed by atoms with E-state index in [4.69, 9.17) is 0 Å². The second-order valence-electron chi connectivity index (χ2n) is 8.28. The topological polar surface area (TPSA) is 85.2 Å². The van der Waals surface area contributed by atoms with Gasteiger partial charge >= 0.3 is 5.92 Å². The molecule has 2 heterocycles. The second-order valence-corrected chi connectivity index (χ2v) is 8.28. The van der Waals surface area contributed by atoms with E-state index >= 15 is 0 Å². The summed E-state index contributed by atoms with van der Waals surface area (Å²) >= 11 is 0. The van der Waals surface area contributed by atoms with Crippen LogP contribution < -0.4 is 0 Å². The smallest absolute Gasteiger partial charge is 0.245 e. The average molecular weight is 452 g/mol. The highest BCUT2D eigenvalue weighted by Gasteiger charge is 2.31. The average Bonchev–Trinajstić information content (AvgIpc) is 3.46. The van der Waals surface area contributed by atoms with Crippen LogP contribution in [0.3, 0.4) is 0 Å². The van der Waals surface area contributed by atoms with Crippen molar-refractivity contribution in [1.29, 1.82) is 0 Å². The Balaban J connectivity index is 1.47. The number of nitrogens with zero attached hydrogens (tertiary/aromatic N) is 6. The Morgan fingerprint density at radius 3 is 2.48 bits per heavy atom. The van der Waals surface area contributed by atoms with Crippen LogP contribution in [0.5, 0.6) is 0 Å². The minimum atomic E-state index is -3.05. The second kappa shape index (κ2) is 9.97. The van der Waals surface area contributed by atoms with Crippen molar-refractivity contribution in [2.24, 2.45) is 0 Å². The first-order valence-electron chi connectivity index (χ1n) is 11.1. The van der Waals surface area contributed by atoms with Crippen LogP contribution in [0.15, 0.2) is 48.5 Å². The lowest BCUT2D eigenvalue weighted by Crippen LogP contribution is -2.11. The van der Waals surface area contributed by atoms with E-state index in [1.54, 1.807) is 4.68 Å². The van der Waals surface area contributed by atoms with Gasteiger partial charge in [0, 0.05) is 18.9 Å². The first kappa shape index (κ1) is 22.7. The van der Waals surface area contributed by atoms with E-state index in [0.717, 1.165) is 54.9 Å². The van der Waals surface area contributed by atoms with Gasteiger partial charge in [-0.15, -0.1) is 15.3 Å². The number of hydrogen-bond donors (Lipinski definition) is 1. The number of tetrazole rings is 1. The molecular weight excluding hydrogens is 424 g/mol. The minimum Gasteiger partial charge on any atom is -0.245 e. The fraction of sp³-hybridized carbons (Fsp3) is 0.375. The molecule has 0 fully saturated rings. The van der Waals surface area contributed by atoms with E-state index in [0.29, 0.717) is 24.6 Å². The first-order valence-corrected chi connectivity index (χ1v) is 11.1. The molecule has 0 atom stereocenters. The molecule has 0 saturated carbocycles. The van der Waals surface area contributed by atoms with E-state index in [-0.39, 0.29) is 0 Å². The number of halogens is 2. The van der Waals surface area contributed by atoms with Crippen LogP contribution in [0.1, 0.15) is 61.4 Å². The maximum atomic E-state index is 13.8. The van der Waals surface area contributed by atoms with Crippen LogP contribution in [-0.2, 0) is 25.3 Å². The number of nitrogens with one attached hydrogen (secondary N) is 1. The van der Waals surface area contributed by atoms with Gasteiger partial charge in [-0.25, -0.2) is 9.67 Å². The third-order valence-electron chi connectivity index (χ3n) is 5.44. The van der Waals surface area contributed by atoms with Crippen molar-refractivity contribution < 1.29 is 8.78 Å². The molecule has 0 bridgehead atoms. The van der Waals surface area contributed by atoms with Crippen molar-refractivity contribution in [2.45, 2.75) is 58.4 Å². The molecular formula is C24H27F2N7. The molecule has 4 aromatic rings. The number of benzene rings is 2. The molecule has 0 aliphatic rings. The monoisotopic (exact) mass is 451 g/mol. The Morgan fingerprint density at radius 1 is 1.00 bits per heavy atom. The summed E-state index contributed by atoms with van der Waals surface area (Å²) in [6.07, 6.45) is 4.40. The summed E-state index contributed by atoms with van der Waals surface area (Å²) < 4.78 is 29.2. The van der Waals surface area contributed by atoms with Crippen molar-refractivity contribution in [3.8, 4) is 11.4 Å². The number of aromatic amines is 1. The Labute approximate surface area is 191 Å². The molecule has 7 nitrogen and oxygen atoms in total. The SMILES string of the molecule is CCCCCc1nc(C(C)(F)F)nn1Cc1ccc(Cc2cccc(-c3nn[nH]n3)c2)cc1. The number of alkyl halides is 2. The van der Waals surface area contributed by atoms with Crippen molar-refractivity contribution in [3.05, 3.63) is 76.9 Å². The van der Waals surface area contributed by atoms with Gasteiger partial charge in [-0.3, -0.25) is 0 Å². The van der Waals surface area contributed by atoms with Gasteiger partial charge in [0.05, 0.1) is 6.54 Å². The predicted molar refractivity (Wildman–Crippen MR) is 121 cm³/mol. The zero-order valence-electron chi connectivity index (χ0n) is 18.8. The molecule has 33 heavy (non-hydrogen) atoms. The van der Waals surface area contributed by atoms with Gasteiger partial charge < -0.3 is 0 Å². The molecule has 1 N–H and O–H groups in total. The number of hydrogen-bond acceptors (Lipinski definition) is 5. The summed E-state index contributed by atoms with van der Waals surface area (Å²) in [5.41, 5.74) is 4.18. The van der Waals surface area contributed by atoms with Crippen molar-refractivity contribution >= 4 is 0 Å². The van der Waals surface area contributed by atoms with Crippen molar-refractivity contribution in [3.63, 3.8) is 0 Å². The van der Waals surface area contributed by atoms with Gasteiger partial charge in [-0.1, -0.05) is 62.2 Å². The largest absolute Gasteiger partial charge is 0.305 e. The number of unbranched alkanes of at least 4 members (excludes halogenated alkanes) is 2. The fourth-order valence-electron chi connectivity index (χ4n) is 3.68. The normalized spacial score (nSPS) is 11.8. The van der Waals surface area contributed by atoms with Gasteiger partial charge in [-0.05, 0) is 40.8 Å². The summed E-state index contributed by atoms with van der Waals surface area (Å²) in [6.45, 7) is 3.36. The highest BCUT2D eigenvalue weighted by Crippen LogP contribution is 2.25. The van der Waals surface area contributed by atoms with Gasteiger partial charge in [-0.2, -0.15) is 14.0 Å². The standard InChI is InChI=1S/C24H27F2N7/c1-3-4-5-9-21-27-23(24(2,25)26)30-33(21)16-18-12-10-17(11-13-18)14-19-7-6-8-20(15-19)22-28-31-32-29-22/h6-8,10-13,15H,3-5,9,14,16H2,1-2H3,(H,28,29,31,32). The Morgan fingerprint density at radius 2 is 1.79 bits per heavy atom. The number of aromatic nitrogens is 7. The summed E-state index contributed by atoms with van der Waals surface area (Å²) in [7, 11) is 0. The quantitative estimate of drug-likeness (QED) is 0.345. The molecule has 9 heteroatoms. The number of rotatable bonds is 10. The summed E-state index contributed by atoms with van der Waals surface area (Å²) in [5, 5.41) is 18.2. The van der Waals surface area contributed by atoms with E-state index in [2.05, 4.69) is 55.8 Å². The summed E-state index contributed by atoms with van der Waals surface area (Å²) in [5.74, 6) is -2.29. The molecule has 0 aliphatic heterocycles. The van der Waals surface area contributed by atoms with Crippen LogP contribution in [0, 0.1) is 0 Å². The number of H-pyrrole nitrogens is 1. The van der Waals surface area contributed by atoms with Gasteiger partial charge in [0.15, 0.2) is 0 Å². The van der Waals surface area contributed by atoms with E-state index < -0.39 is 11.7 Å². The third-order valence-corrected chi connectivity index (χ3v) is 5.44. The fourth-order valence-corrected chi connectivity index (χ4v) is 3.68. The Hall–Kier alpha value is -3.49. The zero-order chi connectivity index (χ0) is 23.3. The van der Waals surface area contributed by atoms with Crippen LogP contribution >= 0.6 is 0 Å². The van der Waals surface area contributed by atoms with Crippen molar-refractivity contribution in [2.75, 3.05) is 0 Å². The van der Waals surface area contributed by atoms with Gasteiger partial charge in [0.2, 0.25) is 11.6 Å². The predicted octanol–water partition coefficient (Wildman–Crippen LogP) is 4.94. The maximum absolute atomic E-state index is 13.8. The number of aryl methyl sites for hydroxylation is 1. The lowest BCUT2D eigenvalue weighted by Gasteiger charge is -2.08. The lowest BCUT2D eigenvalue weighted by molar-refractivity contribution is 0.00756. The molecule has 0 spiro atoms. The summed E-state index contributed by atoms with van der Waals surface area (Å²) in [4.78, 5) is 4.14. The Bertz CT molecular complexity index is 1160. The van der Waals surface area contributed by atoms with E-state index in [1.807, 2.05) is 30.3 Å². The first-order chi connectivity index (χ1) is 15.9. The van der Waals surface area contributed by atoms with E-state index in [9.17, 15) is 8.78 Å². The molecule has 0 aliphatic carbocycles. The molecule has 172 valence electrons. The summed E-state index contributed by atoms with van der Waals surface area (Å²) in [6, 6.07) is 16.2. The molecule has 2 aromatic heterocycles. The molecule has 0 unspecified atom stereocenters. The van der Waals surface area contributed by atoms with E-state index in [1.165, 1.54) is 0 Å². The minimum absolute atomic E-state index is 0.410. The van der Waals surface area contributed by atoms with Crippen molar-refractivity contribution in [1.82, 2.24) is 35.4 Å². The van der Waals surface area contributed by atoms with Crippen LogP contribution in [-0.4, -0.2) is 35.4 Å². The van der Waals surface area contributed by atoms with Crippen LogP contribution in [0.25, 0.3) is 11.4 Å². The van der Waals surface area contributed by atoms with Gasteiger partial charge in [0.1, 0.15) is 5.82 Å². The van der Waals surface area contributed by atoms with Gasteiger partial charge in [0.25, 0.3) is 0 Å². The Kier molecular flexibility index (Phi) is 6.86. The zero-order valence-corrected chi connectivity index (χ0v) is 18.8. The molecule has 0 amide bonds. The maximum Gasteiger partial charge on any atom is 0.305 e. The molecule has 2 aromatic carbocycles.